The van der Waals surface area contributed by atoms with Gasteiger partial charge in [-0.05, 0) is 34.7 Å². The molecule has 0 saturated carbocycles. The van der Waals surface area contributed by atoms with Crippen molar-refractivity contribution in [3.05, 3.63) is 29.7 Å². The zero-order chi connectivity index (χ0) is 12.6. The quantitative estimate of drug-likeness (QED) is 0.337. The molecule has 1 aromatic heterocycles. The first-order chi connectivity index (χ1) is 7.91. The van der Waals surface area contributed by atoms with Crippen LogP contribution >= 0.6 is 22.6 Å². The Kier molecular flexibility index (Phi) is 2.98. The van der Waals surface area contributed by atoms with Crippen LogP contribution in [0, 0.1) is 0 Å². The molecule has 0 aromatic carbocycles. The van der Waals surface area contributed by atoms with Crippen molar-refractivity contribution in [3.63, 3.8) is 0 Å². The van der Waals surface area contributed by atoms with Crippen LogP contribution in [0.5, 0.6) is 0 Å². The average Bonchev–Trinajstić information content (AvgIpc) is 2.66. The average molecular weight is 348 g/mol. The Hall–Kier alpha value is -1.31. The first-order valence-corrected chi connectivity index (χ1v) is 5.89. The van der Waals surface area contributed by atoms with Crippen molar-refractivity contribution in [1.29, 1.82) is 0 Å². The van der Waals surface area contributed by atoms with Gasteiger partial charge in [0.25, 0.3) is 5.79 Å². The Morgan fingerprint density at radius 1 is 1.24 bits per heavy atom. The molecule has 0 amide bonds. The lowest BCUT2D eigenvalue weighted by molar-refractivity contribution is -0.222. The molecule has 1 fully saturated rings. The van der Waals surface area contributed by atoms with E-state index in [9.17, 15) is 9.59 Å². The molecule has 5 nitrogen and oxygen atoms in total. The van der Waals surface area contributed by atoms with E-state index in [4.69, 9.17) is 13.9 Å². The van der Waals surface area contributed by atoms with E-state index in [-0.39, 0.29) is 5.57 Å². The minimum atomic E-state index is -1.22. The molecule has 6 heteroatoms. The summed E-state index contributed by atoms with van der Waals surface area (Å²) in [7, 11) is 0. The zero-order valence-electron chi connectivity index (χ0n) is 9.15. The number of ether oxygens (including phenoxy) is 2. The summed E-state index contributed by atoms with van der Waals surface area (Å²) in [5, 5.41) is 0. The van der Waals surface area contributed by atoms with Crippen LogP contribution in [-0.4, -0.2) is 17.7 Å². The van der Waals surface area contributed by atoms with Gasteiger partial charge in [0, 0.05) is 13.8 Å². The van der Waals surface area contributed by atoms with E-state index in [1.54, 1.807) is 12.1 Å². The fraction of sp³-hybridized carbons (Fsp3) is 0.273. The Bertz CT molecular complexity index is 476. The van der Waals surface area contributed by atoms with Crippen LogP contribution in [0.4, 0.5) is 0 Å². The lowest BCUT2D eigenvalue weighted by atomic mass is 10.2. The van der Waals surface area contributed by atoms with E-state index < -0.39 is 17.7 Å². The SMILES string of the molecule is CC1(C)OC(=O)C(=C(I)c2ccco2)C(=O)O1. The van der Waals surface area contributed by atoms with E-state index in [0.717, 1.165) is 0 Å². The second-order valence-electron chi connectivity index (χ2n) is 3.85. The molecule has 1 saturated heterocycles. The number of furan rings is 1. The van der Waals surface area contributed by atoms with Crippen molar-refractivity contribution in [2.45, 2.75) is 19.6 Å². The molecule has 0 unspecified atom stereocenters. The summed E-state index contributed by atoms with van der Waals surface area (Å²) < 4.78 is 15.5. The Balaban J connectivity index is 2.43. The van der Waals surface area contributed by atoms with E-state index in [1.807, 2.05) is 22.6 Å². The van der Waals surface area contributed by atoms with Crippen LogP contribution in [0.15, 0.2) is 28.4 Å². The van der Waals surface area contributed by atoms with Gasteiger partial charge in [0.05, 0.1) is 9.84 Å². The predicted molar refractivity (Wildman–Crippen MR) is 65.9 cm³/mol. The second-order valence-corrected chi connectivity index (χ2v) is 4.92. The van der Waals surface area contributed by atoms with Crippen molar-refractivity contribution in [2.24, 2.45) is 0 Å². The number of cyclic esters (lactones) is 2. The van der Waals surface area contributed by atoms with E-state index in [2.05, 4.69) is 0 Å². The van der Waals surface area contributed by atoms with Gasteiger partial charge in [0.1, 0.15) is 5.76 Å². The molecule has 0 spiro atoms. The van der Waals surface area contributed by atoms with E-state index in [0.29, 0.717) is 9.34 Å². The Morgan fingerprint density at radius 3 is 2.29 bits per heavy atom. The molecule has 2 rings (SSSR count). The molecule has 17 heavy (non-hydrogen) atoms. The molecule has 1 aliphatic heterocycles. The van der Waals surface area contributed by atoms with Gasteiger partial charge in [-0.3, -0.25) is 0 Å². The predicted octanol–water partition coefficient (Wildman–Crippen LogP) is 2.26. The van der Waals surface area contributed by atoms with Crippen molar-refractivity contribution in [3.8, 4) is 0 Å². The Labute approximate surface area is 111 Å². The smallest absolute Gasteiger partial charge is 0.350 e. The number of halogens is 1. The first kappa shape index (κ1) is 12.2. The van der Waals surface area contributed by atoms with Crippen LogP contribution in [0.3, 0.4) is 0 Å². The van der Waals surface area contributed by atoms with Crippen LogP contribution in [0.25, 0.3) is 3.58 Å². The number of esters is 2. The molecule has 90 valence electrons. The molecule has 0 aliphatic carbocycles. The third-order valence-electron chi connectivity index (χ3n) is 2.04. The molecule has 0 atom stereocenters. The van der Waals surface area contributed by atoms with Gasteiger partial charge >= 0.3 is 11.9 Å². The maximum atomic E-state index is 11.7. The normalized spacial score (nSPS) is 18.6. The van der Waals surface area contributed by atoms with Gasteiger partial charge in [-0.25, -0.2) is 9.59 Å². The Morgan fingerprint density at radius 2 is 1.82 bits per heavy atom. The standard InChI is InChI=1S/C11H9IO5/c1-11(2)16-9(13)7(10(14)17-11)8(12)6-4-3-5-15-6/h3-5H,1-2H3. The van der Waals surface area contributed by atoms with E-state index in [1.165, 1.54) is 20.1 Å². The fourth-order valence-electron chi connectivity index (χ4n) is 1.36. The summed E-state index contributed by atoms with van der Waals surface area (Å²) in [4.78, 5) is 23.5. The summed E-state index contributed by atoms with van der Waals surface area (Å²) >= 11 is 1.85. The number of carbonyl (C=O) groups excluding carboxylic acids is 2. The highest BCUT2D eigenvalue weighted by Gasteiger charge is 2.41. The van der Waals surface area contributed by atoms with Gasteiger partial charge in [0.15, 0.2) is 5.57 Å². The van der Waals surface area contributed by atoms with Crippen molar-refractivity contribution >= 4 is 38.1 Å². The topological polar surface area (TPSA) is 65.7 Å². The van der Waals surface area contributed by atoms with Crippen LogP contribution in [-0.2, 0) is 19.1 Å². The summed E-state index contributed by atoms with van der Waals surface area (Å²) in [6.07, 6.45) is 1.46. The maximum Gasteiger partial charge on any atom is 0.350 e. The van der Waals surface area contributed by atoms with Gasteiger partial charge in [-0.15, -0.1) is 0 Å². The lowest BCUT2D eigenvalue weighted by Gasteiger charge is -2.30. The summed E-state index contributed by atoms with van der Waals surface area (Å²) in [6, 6.07) is 3.31. The monoisotopic (exact) mass is 348 g/mol. The van der Waals surface area contributed by atoms with Gasteiger partial charge in [-0.2, -0.15) is 0 Å². The molecular formula is C11H9IO5. The molecule has 1 aliphatic rings. The fourth-order valence-corrected chi connectivity index (χ4v) is 2.11. The highest BCUT2D eigenvalue weighted by atomic mass is 127. The van der Waals surface area contributed by atoms with Crippen molar-refractivity contribution < 1.29 is 23.5 Å². The minimum Gasteiger partial charge on any atom is -0.464 e. The van der Waals surface area contributed by atoms with Crippen LogP contribution < -0.4 is 0 Å². The van der Waals surface area contributed by atoms with Gasteiger partial charge in [-0.1, -0.05) is 0 Å². The summed E-state index contributed by atoms with van der Waals surface area (Å²) in [6.45, 7) is 3.00. The number of hydrogen-bond acceptors (Lipinski definition) is 5. The number of rotatable bonds is 1. The largest absolute Gasteiger partial charge is 0.464 e. The zero-order valence-corrected chi connectivity index (χ0v) is 11.3. The summed E-state index contributed by atoms with van der Waals surface area (Å²) in [5.74, 6) is -2.20. The number of hydrogen-bond donors (Lipinski definition) is 0. The highest BCUT2D eigenvalue weighted by Crippen LogP contribution is 2.32. The third-order valence-corrected chi connectivity index (χ3v) is 3.11. The molecular weight excluding hydrogens is 339 g/mol. The minimum absolute atomic E-state index is 0.139. The van der Waals surface area contributed by atoms with Crippen molar-refractivity contribution in [1.82, 2.24) is 0 Å². The molecule has 1 aromatic rings. The summed E-state index contributed by atoms with van der Waals surface area (Å²) in [5.41, 5.74) is -0.139. The van der Waals surface area contributed by atoms with Gasteiger partial charge < -0.3 is 13.9 Å². The second kappa shape index (κ2) is 4.17. The number of carbonyl (C=O) groups is 2. The van der Waals surface area contributed by atoms with Crippen molar-refractivity contribution in [2.75, 3.05) is 0 Å². The van der Waals surface area contributed by atoms with Crippen LogP contribution in [0.1, 0.15) is 19.6 Å². The molecule has 0 bridgehead atoms. The van der Waals surface area contributed by atoms with Gasteiger partial charge in [0.2, 0.25) is 0 Å². The third kappa shape index (κ3) is 2.36. The lowest BCUT2D eigenvalue weighted by Crippen LogP contribution is -2.42. The first-order valence-electron chi connectivity index (χ1n) is 4.81. The molecule has 0 N–H and O–H groups in total. The molecule has 0 radical (unpaired) electrons. The van der Waals surface area contributed by atoms with E-state index >= 15 is 0 Å². The maximum absolute atomic E-state index is 11.7. The highest BCUT2D eigenvalue weighted by molar-refractivity contribution is 14.1. The van der Waals surface area contributed by atoms with Crippen LogP contribution in [0.2, 0.25) is 0 Å². The molecule has 2 heterocycles.